The van der Waals surface area contributed by atoms with Gasteiger partial charge in [-0.15, -0.1) is 0 Å². The van der Waals surface area contributed by atoms with E-state index in [1.807, 2.05) is 0 Å². The molecule has 0 aromatic heterocycles. The van der Waals surface area contributed by atoms with Gasteiger partial charge in [0.15, 0.2) is 0 Å². The Morgan fingerprint density at radius 2 is 0.885 bits per heavy atom. The van der Waals surface area contributed by atoms with Gasteiger partial charge in [0, 0.05) is 78.9 Å². The minimum Gasteiger partial charge on any atom is -0.778 e. The smallest absolute Gasteiger partial charge is 0.242 e. The van der Waals surface area contributed by atoms with Crippen LogP contribution in [0.3, 0.4) is 0 Å². The topological polar surface area (TPSA) is 279 Å². The predicted octanol–water partition coefficient (Wildman–Crippen LogP) is -0.321. The first-order valence-corrected chi connectivity index (χ1v) is 22.7. The summed E-state index contributed by atoms with van der Waals surface area (Å²) in [5, 5.41) is 16.2. The van der Waals surface area contributed by atoms with Gasteiger partial charge in [0.25, 0.3) is 0 Å². The van der Waals surface area contributed by atoms with E-state index in [1.54, 1.807) is 21.0 Å². The molecule has 0 rings (SSSR count). The van der Waals surface area contributed by atoms with E-state index in [0.717, 1.165) is 12.8 Å². The van der Waals surface area contributed by atoms with Crippen LogP contribution in [0.4, 0.5) is 0 Å². The maximum atomic E-state index is 13.2. The Hall–Kier alpha value is -3.27. The maximum Gasteiger partial charge on any atom is 0.242 e. The van der Waals surface area contributed by atoms with E-state index in [9.17, 15) is 38.2 Å². The fourth-order valence-corrected chi connectivity index (χ4v) is 5.77. The first kappa shape index (κ1) is 57.7. The van der Waals surface area contributed by atoms with Crippen LogP contribution in [0.15, 0.2) is 0 Å². The van der Waals surface area contributed by atoms with Crippen molar-refractivity contribution in [3.63, 3.8) is 0 Å². The van der Waals surface area contributed by atoms with Crippen LogP contribution in [0.2, 0.25) is 0 Å². The number of carbonyl (C=O) groups excluding carboxylic acids is 6. The molecule has 3 atom stereocenters. The fourth-order valence-electron chi connectivity index (χ4n) is 5.09. The van der Waals surface area contributed by atoms with Crippen molar-refractivity contribution in [3.8, 4) is 0 Å². The number of ether oxygens (including phenoxy) is 6. The minimum atomic E-state index is -3.82. The van der Waals surface area contributed by atoms with E-state index >= 15 is 0 Å². The van der Waals surface area contributed by atoms with E-state index in [-0.39, 0.29) is 103 Å². The molecule has 0 spiro atoms. The number of methoxy groups -OCH3 is 3. The molecular weight excluding hydrogens is 823 g/mol. The Morgan fingerprint density at radius 3 is 1.38 bits per heavy atom. The number of amides is 6. The Labute approximate surface area is 361 Å². The van der Waals surface area contributed by atoms with Gasteiger partial charge in [0.05, 0.1) is 66.1 Å². The second kappa shape index (κ2) is 38.4. The number of rotatable bonds is 41. The Kier molecular flexibility index (Phi) is 36.3. The highest BCUT2D eigenvalue weighted by molar-refractivity contribution is 7.52. The van der Waals surface area contributed by atoms with Crippen molar-refractivity contribution in [1.29, 1.82) is 0 Å². The SMILES string of the molecule is COCCOCCNC(=O)CCC(NC(=O)CCC(NC(=O)CCCC(=O)NCCCCCCOP(=O)([O-])C(C)C)C(=O)NCCOCCOC)C(=O)NCCOCCOC. The molecule has 21 nitrogen and oxygen atoms in total. The third kappa shape index (κ3) is 34.0. The largest absolute Gasteiger partial charge is 0.778 e. The predicted molar refractivity (Wildman–Crippen MR) is 223 cm³/mol. The van der Waals surface area contributed by atoms with Gasteiger partial charge in [-0.25, -0.2) is 0 Å². The molecule has 0 aliphatic carbocycles. The van der Waals surface area contributed by atoms with Crippen molar-refractivity contribution in [2.45, 2.75) is 102 Å². The van der Waals surface area contributed by atoms with Gasteiger partial charge in [-0.05, 0) is 32.1 Å². The lowest BCUT2D eigenvalue weighted by molar-refractivity contribution is -0.200. The summed E-state index contributed by atoms with van der Waals surface area (Å²) in [5.74, 6) is -2.72. The summed E-state index contributed by atoms with van der Waals surface area (Å²) in [6.45, 7) is 7.11. The first-order chi connectivity index (χ1) is 29.3. The van der Waals surface area contributed by atoms with Crippen LogP contribution in [0, 0.1) is 0 Å². The highest BCUT2D eigenvalue weighted by atomic mass is 31.2. The lowest BCUT2D eigenvalue weighted by Crippen LogP contribution is -2.50. The molecule has 0 aliphatic heterocycles. The van der Waals surface area contributed by atoms with Gasteiger partial charge < -0.3 is 74.3 Å². The molecule has 0 saturated heterocycles. The van der Waals surface area contributed by atoms with E-state index < -0.39 is 49.0 Å². The molecule has 0 heterocycles. The average Bonchev–Trinajstić information content (AvgIpc) is 3.22. The zero-order chi connectivity index (χ0) is 45.6. The van der Waals surface area contributed by atoms with Crippen molar-refractivity contribution in [3.05, 3.63) is 0 Å². The average molecular weight is 898 g/mol. The summed E-state index contributed by atoms with van der Waals surface area (Å²) in [7, 11) is 0.800. The molecule has 0 aliphatic rings. The van der Waals surface area contributed by atoms with E-state index in [0.29, 0.717) is 59.0 Å². The summed E-state index contributed by atoms with van der Waals surface area (Å²) in [4.78, 5) is 89.0. The second-order valence-electron chi connectivity index (χ2n) is 14.1. The van der Waals surface area contributed by atoms with Crippen LogP contribution in [0.5, 0.6) is 0 Å². The normalized spacial score (nSPS) is 13.2. The zero-order valence-electron chi connectivity index (χ0n) is 37.0. The highest BCUT2D eigenvalue weighted by Crippen LogP contribution is 2.42. The van der Waals surface area contributed by atoms with E-state index in [2.05, 4.69) is 31.9 Å². The summed E-state index contributed by atoms with van der Waals surface area (Å²) in [6.07, 6.45) is 2.61. The molecule has 0 radical (unpaired) electrons. The molecule has 3 unspecified atom stereocenters. The molecule has 22 heteroatoms. The van der Waals surface area contributed by atoms with Crippen molar-refractivity contribution < 1.29 is 71.2 Å². The number of carbonyl (C=O) groups is 6. The third-order valence-electron chi connectivity index (χ3n) is 8.68. The van der Waals surface area contributed by atoms with Gasteiger partial charge in [0.1, 0.15) is 19.7 Å². The van der Waals surface area contributed by atoms with E-state index in [4.69, 9.17) is 32.9 Å². The van der Waals surface area contributed by atoms with Crippen molar-refractivity contribution in [1.82, 2.24) is 31.9 Å². The number of hydrogen-bond donors (Lipinski definition) is 6. The molecule has 0 aromatic rings. The summed E-state index contributed by atoms with van der Waals surface area (Å²) in [5.41, 5.74) is -0.567. The standard InChI is InChI=1S/C39H75N6O15P/c1-31(2)61(52,53)60-21-9-7-6-8-17-40-34(46)11-10-12-36(48)44-33(39(51)43-20-24-59-30-27-56-5)14-16-37(49)45-32(38(50)42-19-23-58-29-26-55-4)13-15-35(47)41-18-22-57-28-25-54-3/h31-33H,6-30H2,1-5H3,(H,40,46)(H,41,47)(H,42,50)(H,43,51)(H,44,48)(H,45,49)(H,52,53)/p-1. The lowest BCUT2D eigenvalue weighted by atomic mass is 10.1. The molecule has 0 aromatic carbocycles. The highest BCUT2D eigenvalue weighted by Gasteiger charge is 2.25. The Balaban J connectivity index is 5.16. The van der Waals surface area contributed by atoms with Crippen LogP contribution in [-0.4, -0.2) is 167 Å². The molecule has 0 fully saturated rings. The Morgan fingerprint density at radius 1 is 0.475 bits per heavy atom. The monoisotopic (exact) mass is 897 g/mol. The Bertz CT molecular complexity index is 1270. The van der Waals surface area contributed by atoms with Crippen LogP contribution >= 0.6 is 7.60 Å². The van der Waals surface area contributed by atoms with Gasteiger partial charge in [-0.1, -0.05) is 26.7 Å². The molecule has 6 N–H and O–H groups in total. The third-order valence-corrected chi connectivity index (χ3v) is 10.5. The molecule has 61 heavy (non-hydrogen) atoms. The van der Waals surface area contributed by atoms with Crippen molar-refractivity contribution >= 4 is 43.0 Å². The molecule has 6 amide bonds. The minimum absolute atomic E-state index is 0.0156. The van der Waals surface area contributed by atoms with Gasteiger partial charge in [0.2, 0.25) is 35.4 Å². The summed E-state index contributed by atoms with van der Waals surface area (Å²) in [6, 6.07) is -2.20. The van der Waals surface area contributed by atoms with Gasteiger partial charge in [-0.2, -0.15) is 0 Å². The van der Waals surface area contributed by atoms with Crippen LogP contribution in [-0.2, 0) is 66.3 Å². The van der Waals surface area contributed by atoms with Crippen LogP contribution in [0.1, 0.15) is 84.5 Å². The van der Waals surface area contributed by atoms with Crippen molar-refractivity contribution in [2.24, 2.45) is 0 Å². The lowest BCUT2D eigenvalue weighted by Gasteiger charge is -2.26. The number of unbranched alkanes of at least 4 members (excludes halogenated alkanes) is 3. The van der Waals surface area contributed by atoms with Crippen LogP contribution in [0.25, 0.3) is 0 Å². The number of hydrogen-bond acceptors (Lipinski definition) is 15. The molecular formula is C39H74N6O15P-. The quantitative estimate of drug-likeness (QED) is 0.0339. The number of nitrogens with one attached hydrogen (secondary N) is 6. The zero-order valence-corrected chi connectivity index (χ0v) is 37.9. The van der Waals surface area contributed by atoms with Gasteiger partial charge in [-0.3, -0.25) is 28.8 Å². The molecule has 356 valence electrons. The van der Waals surface area contributed by atoms with E-state index in [1.165, 1.54) is 14.2 Å². The fraction of sp³-hybridized carbons (Fsp3) is 0.846. The molecule has 0 bridgehead atoms. The summed E-state index contributed by atoms with van der Waals surface area (Å²) >= 11 is 0. The van der Waals surface area contributed by atoms with Crippen LogP contribution < -0.4 is 36.8 Å². The first-order valence-electron chi connectivity index (χ1n) is 21.1. The van der Waals surface area contributed by atoms with Crippen molar-refractivity contribution in [2.75, 3.05) is 114 Å². The van der Waals surface area contributed by atoms with Gasteiger partial charge >= 0.3 is 0 Å². The molecule has 0 saturated carbocycles. The second-order valence-corrected chi connectivity index (χ2v) is 16.5. The maximum absolute atomic E-state index is 13.2. The summed E-state index contributed by atoms with van der Waals surface area (Å²) < 4.78 is 47.6.